The van der Waals surface area contributed by atoms with Crippen LogP contribution in [0.3, 0.4) is 0 Å². The summed E-state index contributed by atoms with van der Waals surface area (Å²) >= 11 is 0. The van der Waals surface area contributed by atoms with Gasteiger partial charge in [-0.15, -0.1) is 0 Å². The third kappa shape index (κ3) is 10.2. The summed E-state index contributed by atoms with van der Waals surface area (Å²) in [4.78, 5) is 17.6. The molecule has 0 aromatic carbocycles. The monoisotopic (exact) mass is 298 g/mol. The Morgan fingerprint density at radius 1 is 1.05 bits per heavy atom. The van der Waals surface area contributed by atoms with Gasteiger partial charge in [0.05, 0.1) is 0 Å². The third-order valence-corrected chi connectivity index (χ3v) is 3.43. The zero-order valence-corrected chi connectivity index (χ0v) is 14.9. The van der Waals surface area contributed by atoms with Crippen LogP contribution in [0, 0.1) is 5.92 Å². The SMILES string of the molecule is CCC(C)NC(=NCC(=O)N(C)C)NC(C)CCC(C)C. The zero-order chi connectivity index (χ0) is 16.4. The summed E-state index contributed by atoms with van der Waals surface area (Å²) < 4.78 is 0. The van der Waals surface area contributed by atoms with E-state index in [0.717, 1.165) is 18.8 Å². The first kappa shape index (κ1) is 19.7. The molecule has 0 aliphatic heterocycles. The van der Waals surface area contributed by atoms with E-state index in [2.05, 4.69) is 50.2 Å². The van der Waals surface area contributed by atoms with Gasteiger partial charge >= 0.3 is 0 Å². The van der Waals surface area contributed by atoms with Crippen molar-refractivity contribution in [2.75, 3.05) is 20.6 Å². The molecule has 0 bridgehead atoms. The first-order chi connectivity index (χ1) is 9.76. The maximum absolute atomic E-state index is 11.7. The van der Waals surface area contributed by atoms with Crippen molar-refractivity contribution in [1.29, 1.82) is 0 Å². The highest BCUT2D eigenvalue weighted by atomic mass is 16.2. The number of amides is 1. The van der Waals surface area contributed by atoms with Crippen LogP contribution in [-0.2, 0) is 4.79 Å². The molecular weight excluding hydrogens is 264 g/mol. The Morgan fingerprint density at radius 3 is 2.10 bits per heavy atom. The van der Waals surface area contributed by atoms with Crippen LogP contribution in [0.25, 0.3) is 0 Å². The van der Waals surface area contributed by atoms with Crippen LogP contribution in [-0.4, -0.2) is 49.5 Å². The highest BCUT2D eigenvalue weighted by molar-refractivity contribution is 5.85. The van der Waals surface area contributed by atoms with Gasteiger partial charge < -0.3 is 15.5 Å². The van der Waals surface area contributed by atoms with Crippen LogP contribution in [0.1, 0.15) is 53.9 Å². The molecular formula is C16H34N4O. The van der Waals surface area contributed by atoms with Crippen molar-refractivity contribution in [3.63, 3.8) is 0 Å². The first-order valence-electron chi connectivity index (χ1n) is 8.03. The van der Waals surface area contributed by atoms with Crippen LogP contribution in [0.15, 0.2) is 4.99 Å². The van der Waals surface area contributed by atoms with Crippen molar-refractivity contribution in [3.8, 4) is 0 Å². The molecule has 5 heteroatoms. The summed E-state index contributed by atoms with van der Waals surface area (Å²) in [5.74, 6) is 1.44. The topological polar surface area (TPSA) is 56.7 Å². The van der Waals surface area contributed by atoms with Gasteiger partial charge in [0, 0.05) is 26.2 Å². The summed E-state index contributed by atoms with van der Waals surface area (Å²) in [6.45, 7) is 11.0. The first-order valence-corrected chi connectivity index (χ1v) is 8.03. The lowest BCUT2D eigenvalue weighted by Gasteiger charge is -2.22. The molecule has 2 atom stereocenters. The van der Waals surface area contributed by atoms with Gasteiger partial charge in [0.25, 0.3) is 0 Å². The van der Waals surface area contributed by atoms with Gasteiger partial charge in [-0.2, -0.15) is 0 Å². The van der Waals surface area contributed by atoms with E-state index in [1.807, 2.05) is 0 Å². The lowest BCUT2D eigenvalue weighted by Crippen LogP contribution is -2.46. The lowest BCUT2D eigenvalue weighted by atomic mass is 10.0. The van der Waals surface area contributed by atoms with Crippen LogP contribution in [0.5, 0.6) is 0 Å². The van der Waals surface area contributed by atoms with Crippen LogP contribution in [0.2, 0.25) is 0 Å². The average Bonchev–Trinajstić information content (AvgIpc) is 2.41. The quantitative estimate of drug-likeness (QED) is 0.534. The van der Waals surface area contributed by atoms with Gasteiger partial charge in [-0.1, -0.05) is 20.8 Å². The smallest absolute Gasteiger partial charge is 0.243 e. The summed E-state index contributed by atoms with van der Waals surface area (Å²) in [5.41, 5.74) is 0. The molecule has 0 saturated carbocycles. The second-order valence-corrected chi connectivity index (χ2v) is 6.42. The van der Waals surface area contributed by atoms with E-state index in [1.165, 1.54) is 6.42 Å². The van der Waals surface area contributed by atoms with E-state index < -0.39 is 0 Å². The number of carbonyl (C=O) groups excluding carboxylic acids is 1. The minimum Gasteiger partial charge on any atom is -0.354 e. The molecule has 1 amide bonds. The van der Waals surface area contributed by atoms with Gasteiger partial charge in [0.2, 0.25) is 5.91 Å². The number of nitrogens with zero attached hydrogens (tertiary/aromatic N) is 2. The van der Waals surface area contributed by atoms with Gasteiger partial charge in [0.1, 0.15) is 6.54 Å². The zero-order valence-electron chi connectivity index (χ0n) is 14.9. The Kier molecular flexibility index (Phi) is 9.84. The standard InChI is InChI=1S/C16H34N4O/c1-8-13(4)18-16(17-11-15(21)20(6)7)19-14(5)10-9-12(2)3/h12-14H,8-11H2,1-7H3,(H2,17,18,19). The number of hydrogen-bond donors (Lipinski definition) is 2. The van der Waals surface area contributed by atoms with Crippen molar-refractivity contribution in [3.05, 3.63) is 0 Å². The number of nitrogens with one attached hydrogen (secondary N) is 2. The average molecular weight is 298 g/mol. The van der Waals surface area contributed by atoms with Gasteiger partial charge in [-0.3, -0.25) is 4.79 Å². The second-order valence-electron chi connectivity index (χ2n) is 6.42. The molecule has 0 aromatic heterocycles. The maximum atomic E-state index is 11.7. The van der Waals surface area contributed by atoms with Crippen molar-refractivity contribution in [2.24, 2.45) is 10.9 Å². The number of guanidine groups is 1. The number of likely N-dealkylation sites (N-methyl/N-ethyl adjacent to an activating group) is 1. The lowest BCUT2D eigenvalue weighted by molar-refractivity contribution is -0.127. The second kappa shape index (κ2) is 10.5. The van der Waals surface area contributed by atoms with Crippen LogP contribution < -0.4 is 10.6 Å². The molecule has 21 heavy (non-hydrogen) atoms. The minimum atomic E-state index is 0.00934. The summed E-state index contributed by atoms with van der Waals surface area (Å²) in [7, 11) is 3.50. The maximum Gasteiger partial charge on any atom is 0.243 e. The van der Waals surface area contributed by atoms with E-state index >= 15 is 0 Å². The van der Waals surface area contributed by atoms with E-state index in [9.17, 15) is 4.79 Å². The number of carbonyl (C=O) groups is 1. The summed E-state index contributed by atoms with van der Waals surface area (Å²) in [5, 5.41) is 6.75. The van der Waals surface area contributed by atoms with Crippen molar-refractivity contribution < 1.29 is 4.79 Å². The predicted molar refractivity (Wildman–Crippen MR) is 90.6 cm³/mol. The van der Waals surface area contributed by atoms with E-state index in [1.54, 1.807) is 19.0 Å². The molecule has 0 aliphatic rings. The van der Waals surface area contributed by atoms with Gasteiger partial charge in [-0.05, 0) is 39.0 Å². The molecule has 0 radical (unpaired) electrons. The Bertz CT molecular complexity index is 326. The third-order valence-electron chi connectivity index (χ3n) is 3.43. The Morgan fingerprint density at radius 2 is 1.62 bits per heavy atom. The fourth-order valence-electron chi connectivity index (χ4n) is 1.65. The minimum absolute atomic E-state index is 0.00934. The molecule has 0 aliphatic carbocycles. The number of rotatable bonds is 8. The van der Waals surface area contributed by atoms with E-state index in [0.29, 0.717) is 18.0 Å². The van der Waals surface area contributed by atoms with Crippen molar-refractivity contribution in [2.45, 2.75) is 66.0 Å². The molecule has 0 rings (SSSR count). The van der Waals surface area contributed by atoms with Crippen LogP contribution in [0.4, 0.5) is 0 Å². The van der Waals surface area contributed by atoms with Crippen LogP contribution >= 0.6 is 0 Å². The number of aliphatic imine (C=N–C) groups is 1. The molecule has 0 saturated heterocycles. The molecule has 0 aromatic rings. The molecule has 0 fully saturated rings. The Balaban J connectivity index is 4.57. The largest absolute Gasteiger partial charge is 0.354 e. The Hall–Kier alpha value is -1.26. The molecule has 124 valence electrons. The van der Waals surface area contributed by atoms with E-state index in [4.69, 9.17) is 0 Å². The summed E-state index contributed by atoms with van der Waals surface area (Å²) in [6, 6.07) is 0.681. The molecule has 0 spiro atoms. The number of hydrogen-bond acceptors (Lipinski definition) is 2. The Labute approximate surface area is 130 Å². The van der Waals surface area contributed by atoms with Crippen molar-refractivity contribution in [1.82, 2.24) is 15.5 Å². The fourth-order valence-corrected chi connectivity index (χ4v) is 1.65. The summed E-state index contributed by atoms with van der Waals surface area (Å²) in [6.07, 6.45) is 3.30. The molecule has 2 N–H and O–H groups in total. The highest BCUT2D eigenvalue weighted by Crippen LogP contribution is 2.06. The highest BCUT2D eigenvalue weighted by Gasteiger charge is 2.10. The van der Waals surface area contributed by atoms with Gasteiger partial charge in [0.15, 0.2) is 5.96 Å². The fraction of sp³-hybridized carbons (Fsp3) is 0.875. The molecule has 2 unspecified atom stereocenters. The van der Waals surface area contributed by atoms with E-state index in [-0.39, 0.29) is 12.5 Å². The van der Waals surface area contributed by atoms with Gasteiger partial charge in [-0.25, -0.2) is 4.99 Å². The predicted octanol–water partition coefficient (Wildman–Crippen LogP) is 2.23. The molecule has 0 heterocycles. The van der Waals surface area contributed by atoms with Crippen molar-refractivity contribution >= 4 is 11.9 Å². The molecule has 5 nitrogen and oxygen atoms in total. The normalized spacial score (nSPS) is 14.8.